The zero-order chi connectivity index (χ0) is 8.55. The second-order valence-electron chi connectivity index (χ2n) is 3.06. The lowest BCUT2D eigenvalue weighted by atomic mass is 10.2. The van der Waals surface area contributed by atoms with Gasteiger partial charge in [0.05, 0.1) is 11.7 Å². The highest BCUT2D eigenvalue weighted by molar-refractivity contribution is 9.10. The Balaban J connectivity index is 2.21. The second-order valence-corrected chi connectivity index (χ2v) is 3.78. The van der Waals surface area contributed by atoms with Gasteiger partial charge in [-0.15, -0.1) is 0 Å². The molecule has 1 saturated heterocycles. The molecule has 12 heavy (non-hydrogen) atoms. The minimum Gasteiger partial charge on any atom is -0.432 e. The van der Waals surface area contributed by atoms with Crippen LogP contribution in [0.4, 0.5) is 0 Å². The Labute approximate surface area is 79.7 Å². The van der Waals surface area contributed by atoms with E-state index in [0.29, 0.717) is 6.04 Å². The van der Waals surface area contributed by atoms with E-state index in [1.54, 1.807) is 0 Å². The number of aromatic nitrogens is 1. The smallest absolute Gasteiger partial charge is 0.213 e. The normalized spacial score (nSPS) is 23.3. The molecule has 1 aliphatic heterocycles. The molecule has 0 aliphatic carbocycles. The number of rotatable bonds is 1. The molecule has 1 atom stereocenters. The zero-order valence-corrected chi connectivity index (χ0v) is 8.52. The van der Waals surface area contributed by atoms with E-state index in [1.165, 1.54) is 6.42 Å². The monoisotopic (exact) mass is 230 g/mol. The van der Waals surface area contributed by atoms with Crippen molar-refractivity contribution >= 4 is 15.9 Å². The van der Waals surface area contributed by atoms with E-state index >= 15 is 0 Å². The second kappa shape index (κ2) is 3.18. The Morgan fingerprint density at radius 1 is 1.67 bits per heavy atom. The molecule has 1 aromatic heterocycles. The standard InChI is InChI=1S/C8H11BrN2O/c1-5-7(9)12-8(11-5)6-3-2-4-10-6/h6,10H,2-4H2,1H3. The summed E-state index contributed by atoms with van der Waals surface area (Å²) >= 11 is 3.31. The van der Waals surface area contributed by atoms with Gasteiger partial charge in [-0.2, -0.15) is 0 Å². The third-order valence-electron chi connectivity index (χ3n) is 2.11. The van der Waals surface area contributed by atoms with E-state index in [0.717, 1.165) is 29.2 Å². The molecule has 2 heterocycles. The van der Waals surface area contributed by atoms with Crippen molar-refractivity contribution < 1.29 is 4.42 Å². The lowest BCUT2D eigenvalue weighted by molar-refractivity contribution is 0.416. The first kappa shape index (κ1) is 8.26. The van der Waals surface area contributed by atoms with Gasteiger partial charge in [0.1, 0.15) is 0 Å². The molecule has 0 bridgehead atoms. The predicted molar refractivity (Wildman–Crippen MR) is 48.9 cm³/mol. The summed E-state index contributed by atoms with van der Waals surface area (Å²) in [4.78, 5) is 4.32. The molecule has 0 aromatic carbocycles. The lowest BCUT2D eigenvalue weighted by Gasteiger charge is -2.02. The van der Waals surface area contributed by atoms with E-state index in [2.05, 4.69) is 26.2 Å². The quantitative estimate of drug-likeness (QED) is 0.804. The van der Waals surface area contributed by atoms with E-state index in [4.69, 9.17) is 4.42 Å². The molecule has 1 aromatic rings. The summed E-state index contributed by atoms with van der Waals surface area (Å²) in [7, 11) is 0. The minimum absolute atomic E-state index is 0.329. The van der Waals surface area contributed by atoms with E-state index in [-0.39, 0.29) is 0 Å². The van der Waals surface area contributed by atoms with Gasteiger partial charge in [-0.1, -0.05) is 0 Å². The van der Waals surface area contributed by atoms with Crippen LogP contribution in [0.2, 0.25) is 0 Å². The molecule has 2 rings (SSSR count). The van der Waals surface area contributed by atoms with Crippen LogP contribution in [0.1, 0.15) is 30.5 Å². The van der Waals surface area contributed by atoms with Crippen molar-refractivity contribution in [1.82, 2.24) is 10.3 Å². The zero-order valence-electron chi connectivity index (χ0n) is 6.93. The van der Waals surface area contributed by atoms with Crippen molar-refractivity contribution in [2.24, 2.45) is 0 Å². The van der Waals surface area contributed by atoms with Crippen LogP contribution in [0.25, 0.3) is 0 Å². The van der Waals surface area contributed by atoms with Crippen LogP contribution in [0, 0.1) is 6.92 Å². The highest BCUT2D eigenvalue weighted by Gasteiger charge is 2.21. The van der Waals surface area contributed by atoms with Gasteiger partial charge in [0.15, 0.2) is 4.67 Å². The van der Waals surface area contributed by atoms with Crippen LogP contribution in [-0.4, -0.2) is 11.5 Å². The molecule has 0 spiro atoms. The van der Waals surface area contributed by atoms with Gasteiger partial charge in [-0.25, -0.2) is 4.98 Å². The Bertz CT molecular complexity index is 259. The SMILES string of the molecule is Cc1nc(C2CCCN2)oc1Br. The summed E-state index contributed by atoms with van der Waals surface area (Å²) in [6.45, 7) is 3.01. The van der Waals surface area contributed by atoms with Gasteiger partial charge in [0.2, 0.25) is 5.89 Å². The van der Waals surface area contributed by atoms with Crippen molar-refractivity contribution in [3.8, 4) is 0 Å². The maximum absolute atomic E-state index is 5.44. The first-order chi connectivity index (χ1) is 5.77. The molecule has 3 nitrogen and oxygen atoms in total. The summed E-state index contributed by atoms with van der Waals surface area (Å²) in [6, 6.07) is 0.329. The van der Waals surface area contributed by atoms with Gasteiger partial charge in [0, 0.05) is 0 Å². The molecule has 1 fully saturated rings. The van der Waals surface area contributed by atoms with Crippen molar-refractivity contribution in [2.75, 3.05) is 6.54 Å². The number of nitrogens with one attached hydrogen (secondary N) is 1. The van der Waals surface area contributed by atoms with Gasteiger partial charge in [-0.3, -0.25) is 0 Å². The summed E-state index contributed by atoms with van der Waals surface area (Å²) < 4.78 is 6.20. The molecule has 0 saturated carbocycles. The summed E-state index contributed by atoms with van der Waals surface area (Å²) in [5, 5.41) is 3.34. The molecule has 66 valence electrons. The number of nitrogens with zero attached hydrogens (tertiary/aromatic N) is 1. The third kappa shape index (κ3) is 1.41. The van der Waals surface area contributed by atoms with E-state index in [9.17, 15) is 0 Å². The number of hydrogen-bond donors (Lipinski definition) is 1. The fourth-order valence-corrected chi connectivity index (χ4v) is 1.70. The Kier molecular flexibility index (Phi) is 2.19. The summed E-state index contributed by atoms with van der Waals surface area (Å²) in [6.07, 6.45) is 2.34. The van der Waals surface area contributed by atoms with Crippen LogP contribution >= 0.6 is 15.9 Å². The van der Waals surface area contributed by atoms with Crippen molar-refractivity contribution in [2.45, 2.75) is 25.8 Å². The largest absolute Gasteiger partial charge is 0.432 e. The molecule has 1 unspecified atom stereocenters. The number of halogens is 1. The average molecular weight is 231 g/mol. The fourth-order valence-electron chi connectivity index (χ4n) is 1.44. The first-order valence-electron chi connectivity index (χ1n) is 4.13. The third-order valence-corrected chi connectivity index (χ3v) is 2.85. The minimum atomic E-state index is 0.329. The van der Waals surface area contributed by atoms with Crippen LogP contribution < -0.4 is 5.32 Å². The van der Waals surface area contributed by atoms with Gasteiger partial charge in [0.25, 0.3) is 0 Å². The Morgan fingerprint density at radius 2 is 2.50 bits per heavy atom. The van der Waals surface area contributed by atoms with Crippen LogP contribution in [-0.2, 0) is 0 Å². The van der Waals surface area contributed by atoms with Crippen molar-refractivity contribution in [3.63, 3.8) is 0 Å². The molecular weight excluding hydrogens is 220 g/mol. The Hall–Kier alpha value is -0.350. The highest BCUT2D eigenvalue weighted by atomic mass is 79.9. The maximum atomic E-state index is 5.44. The number of aryl methyl sites for hydroxylation is 1. The van der Waals surface area contributed by atoms with Gasteiger partial charge in [-0.05, 0) is 42.2 Å². The molecule has 0 radical (unpaired) electrons. The molecule has 4 heteroatoms. The maximum Gasteiger partial charge on any atom is 0.213 e. The van der Waals surface area contributed by atoms with Crippen molar-refractivity contribution in [1.29, 1.82) is 0 Å². The molecule has 0 amide bonds. The van der Waals surface area contributed by atoms with Crippen molar-refractivity contribution in [3.05, 3.63) is 16.3 Å². The fraction of sp³-hybridized carbons (Fsp3) is 0.625. The van der Waals surface area contributed by atoms with Crippen LogP contribution in [0.3, 0.4) is 0 Å². The lowest BCUT2D eigenvalue weighted by Crippen LogP contribution is -2.12. The average Bonchev–Trinajstić information content (AvgIpc) is 2.61. The van der Waals surface area contributed by atoms with E-state index < -0.39 is 0 Å². The number of hydrogen-bond acceptors (Lipinski definition) is 3. The highest BCUT2D eigenvalue weighted by Crippen LogP contribution is 2.26. The summed E-state index contributed by atoms with van der Waals surface area (Å²) in [5.74, 6) is 0.817. The van der Waals surface area contributed by atoms with Gasteiger partial charge >= 0.3 is 0 Å². The number of oxazole rings is 1. The van der Waals surface area contributed by atoms with Crippen LogP contribution in [0.5, 0.6) is 0 Å². The molecule has 1 aliphatic rings. The Morgan fingerprint density at radius 3 is 3.00 bits per heavy atom. The predicted octanol–water partition coefficient (Wildman–Crippen LogP) is 2.17. The van der Waals surface area contributed by atoms with E-state index in [1.807, 2.05) is 6.92 Å². The molecular formula is C8H11BrN2O. The molecule has 1 N–H and O–H groups in total. The first-order valence-corrected chi connectivity index (χ1v) is 4.93. The topological polar surface area (TPSA) is 38.1 Å². The van der Waals surface area contributed by atoms with Crippen LogP contribution in [0.15, 0.2) is 9.09 Å². The van der Waals surface area contributed by atoms with Gasteiger partial charge < -0.3 is 9.73 Å². The summed E-state index contributed by atoms with van der Waals surface area (Å²) in [5.41, 5.74) is 0.929.